The van der Waals surface area contributed by atoms with Gasteiger partial charge in [-0.2, -0.15) is 0 Å². The first kappa shape index (κ1) is 20.2. The molecule has 0 radical (unpaired) electrons. The fourth-order valence-electron chi connectivity index (χ4n) is 1.43. The Morgan fingerprint density at radius 2 is 1.30 bits per heavy atom. The number of rotatable bonds is 3. The molecule has 7 heteroatoms. The van der Waals surface area contributed by atoms with E-state index in [2.05, 4.69) is 35.9 Å². The van der Waals surface area contributed by atoms with E-state index in [9.17, 15) is 20.2 Å². The summed E-state index contributed by atoms with van der Waals surface area (Å²) in [4.78, 5) is 19.0. The van der Waals surface area contributed by atoms with Crippen molar-refractivity contribution in [3.8, 4) is 0 Å². The molecule has 0 bridgehead atoms. The smallest absolute Gasteiger partial charge is 0.276 e. The van der Waals surface area contributed by atoms with E-state index in [4.69, 9.17) is 0 Å². The Bertz CT molecular complexity index is 573. The maximum Gasteiger partial charge on any atom is 0.276 e. The van der Waals surface area contributed by atoms with Gasteiger partial charge >= 0.3 is 0 Å². The zero-order valence-corrected chi connectivity index (χ0v) is 13.3. The molecule has 124 valence electrons. The topological polar surface area (TPSA) is 95.5 Å². The molecule has 0 spiro atoms. The molecule has 2 aromatic rings. The fraction of sp³-hybridized carbons (Fsp3) is 0.250. The second-order valence-electron chi connectivity index (χ2n) is 4.28. The molecule has 0 fully saturated rings. The average Bonchev–Trinajstić information content (AvgIpc) is 2.57. The van der Waals surface area contributed by atoms with Crippen molar-refractivity contribution in [1.29, 1.82) is 0 Å². The first-order valence-electron chi connectivity index (χ1n) is 6.79. The van der Waals surface area contributed by atoms with Gasteiger partial charge in [-0.3, -0.25) is 20.2 Å². The number of nitro groups is 2. The number of hydrogen-bond donors (Lipinski definition) is 0. The van der Waals surface area contributed by atoms with Crippen LogP contribution in [-0.2, 0) is 11.2 Å². The number of benzene rings is 2. The Labute approximate surface area is 134 Å². The minimum atomic E-state index is -0.674. The maximum absolute atomic E-state index is 10.2. The molecule has 0 unspecified atom stereocenters. The van der Waals surface area contributed by atoms with Gasteiger partial charge < -0.3 is 4.74 Å². The van der Waals surface area contributed by atoms with E-state index in [1.807, 2.05) is 6.07 Å². The van der Waals surface area contributed by atoms with Gasteiger partial charge in [0.05, 0.1) is 15.9 Å². The van der Waals surface area contributed by atoms with Crippen molar-refractivity contribution in [2.75, 3.05) is 14.2 Å². The van der Waals surface area contributed by atoms with Crippen LogP contribution in [-0.4, -0.2) is 24.1 Å². The number of non-ortho nitro benzene ring substituents is 2. The van der Waals surface area contributed by atoms with E-state index in [0.717, 1.165) is 12.5 Å². The molecule has 2 aromatic carbocycles. The minimum absolute atomic E-state index is 0.274. The molecule has 0 atom stereocenters. The van der Waals surface area contributed by atoms with Crippen LogP contribution in [0.15, 0.2) is 54.6 Å². The van der Waals surface area contributed by atoms with Crippen molar-refractivity contribution in [2.24, 2.45) is 0 Å². The Morgan fingerprint density at radius 3 is 1.61 bits per heavy atom. The third kappa shape index (κ3) is 8.94. The zero-order valence-electron chi connectivity index (χ0n) is 13.3. The molecule has 23 heavy (non-hydrogen) atoms. The number of aryl methyl sites for hydroxylation is 1. The molecule has 0 aliphatic rings. The SMILES string of the molecule is CCc1ccccc1.COC.O=[N+]([O-])c1cccc([N+](=O)[O-])c1. The van der Waals surface area contributed by atoms with Crippen LogP contribution in [0.25, 0.3) is 0 Å². The summed E-state index contributed by atoms with van der Waals surface area (Å²) in [5.74, 6) is 0. The molecule has 0 N–H and O–H groups in total. The lowest BCUT2D eigenvalue weighted by molar-refractivity contribution is -0.394. The molecular weight excluding hydrogens is 300 g/mol. The summed E-state index contributed by atoms with van der Waals surface area (Å²) in [6, 6.07) is 15.0. The highest BCUT2D eigenvalue weighted by atomic mass is 16.6. The van der Waals surface area contributed by atoms with E-state index >= 15 is 0 Å². The van der Waals surface area contributed by atoms with E-state index < -0.39 is 9.85 Å². The van der Waals surface area contributed by atoms with E-state index in [1.165, 1.54) is 23.8 Å². The van der Waals surface area contributed by atoms with Crippen molar-refractivity contribution in [2.45, 2.75) is 13.3 Å². The third-order valence-corrected chi connectivity index (χ3v) is 2.50. The largest absolute Gasteiger partial charge is 0.388 e. The highest BCUT2D eigenvalue weighted by molar-refractivity contribution is 5.42. The summed E-state index contributed by atoms with van der Waals surface area (Å²) >= 11 is 0. The lowest BCUT2D eigenvalue weighted by Crippen LogP contribution is -1.91. The molecule has 0 heterocycles. The number of hydrogen-bond acceptors (Lipinski definition) is 5. The molecule has 7 nitrogen and oxygen atoms in total. The molecule has 2 rings (SSSR count). The van der Waals surface area contributed by atoms with Gasteiger partial charge in [-0.25, -0.2) is 0 Å². The van der Waals surface area contributed by atoms with E-state index in [0.29, 0.717) is 0 Å². The van der Waals surface area contributed by atoms with E-state index in [-0.39, 0.29) is 11.4 Å². The molecule has 0 aliphatic heterocycles. The number of nitrogens with zero attached hydrogens (tertiary/aromatic N) is 2. The maximum atomic E-state index is 10.2. The van der Waals surface area contributed by atoms with Gasteiger partial charge in [0.15, 0.2) is 0 Å². The molecule has 0 saturated heterocycles. The van der Waals surface area contributed by atoms with Crippen LogP contribution < -0.4 is 0 Å². The second kappa shape index (κ2) is 11.8. The lowest BCUT2D eigenvalue weighted by atomic mass is 10.2. The van der Waals surface area contributed by atoms with Crippen LogP contribution in [0, 0.1) is 20.2 Å². The summed E-state index contributed by atoms with van der Waals surface area (Å²) in [7, 11) is 3.25. The standard InChI is InChI=1S/C8H10.C6H4N2O4.C2H6O/c1-2-8-6-4-3-5-7-8;9-7(10)5-2-1-3-6(4-5)8(11)12;1-3-2/h3-7H,2H2,1H3;1-4H;1-2H3. The van der Waals surface area contributed by atoms with Crippen LogP contribution in [0.4, 0.5) is 11.4 Å². The van der Waals surface area contributed by atoms with Crippen molar-refractivity contribution in [3.05, 3.63) is 80.4 Å². The molecular formula is C16H20N2O5. The zero-order chi connectivity index (χ0) is 17.7. The predicted molar refractivity (Wildman–Crippen MR) is 88.5 cm³/mol. The molecule has 0 aliphatic carbocycles. The quantitative estimate of drug-likeness (QED) is 0.628. The summed E-state index contributed by atoms with van der Waals surface area (Å²) in [5.41, 5.74) is 0.862. The summed E-state index contributed by atoms with van der Waals surface area (Å²) in [5, 5.41) is 20.3. The summed E-state index contributed by atoms with van der Waals surface area (Å²) < 4.78 is 4.25. The van der Waals surface area contributed by atoms with Crippen molar-refractivity contribution >= 4 is 11.4 Å². The fourth-order valence-corrected chi connectivity index (χ4v) is 1.43. The molecule has 0 aromatic heterocycles. The van der Waals surface area contributed by atoms with Gasteiger partial charge in [0, 0.05) is 26.4 Å². The van der Waals surface area contributed by atoms with Crippen molar-refractivity contribution < 1.29 is 14.6 Å². The average molecular weight is 320 g/mol. The van der Waals surface area contributed by atoms with Gasteiger partial charge in [0.1, 0.15) is 0 Å². The number of ether oxygens (including phenoxy) is 1. The first-order chi connectivity index (χ1) is 11.0. The normalized spacial score (nSPS) is 8.83. The Morgan fingerprint density at radius 1 is 0.870 bits per heavy atom. The molecule has 0 saturated carbocycles. The van der Waals surface area contributed by atoms with Crippen LogP contribution in [0.2, 0.25) is 0 Å². The Balaban J connectivity index is 0.000000379. The highest BCUT2D eigenvalue weighted by Gasteiger charge is 2.11. The van der Waals surface area contributed by atoms with Crippen LogP contribution >= 0.6 is 0 Å². The second-order valence-corrected chi connectivity index (χ2v) is 4.28. The van der Waals surface area contributed by atoms with E-state index in [1.54, 1.807) is 14.2 Å². The number of nitro benzene ring substituents is 2. The van der Waals surface area contributed by atoms with Crippen molar-refractivity contribution in [3.63, 3.8) is 0 Å². The van der Waals surface area contributed by atoms with Crippen LogP contribution in [0.1, 0.15) is 12.5 Å². The molecule has 0 amide bonds. The van der Waals surface area contributed by atoms with Crippen LogP contribution in [0.3, 0.4) is 0 Å². The number of methoxy groups -OCH3 is 1. The first-order valence-corrected chi connectivity index (χ1v) is 6.79. The predicted octanol–water partition coefficient (Wildman–Crippen LogP) is 4.01. The van der Waals surface area contributed by atoms with Gasteiger partial charge in [0.2, 0.25) is 0 Å². The lowest BCUT2D eigenvalue weighted by Gasteiger charge is -1.90. The van der Waals surface area contributed by atoms with Gasteiger partial charge in [-0.05, 0) is 18.1 Å². The summed E-state index contributed by atoms with van der Waals surface area (Å²) in [6.45, 7) is 2.16. The third-order valence-electron chi connectivity index (χ3n) is 2.50. The van der Waals surface area contributed by atoms with Gasteiger partial charge in [-0.1, -0.05) is 37.3 Å². The summed E-state index contributed by atoms with van der Waals surface area (Å²) in [6.07, 6.45) is 1.14. The monoisotopic (exact) mass is 320 g/mol. The highest BCUT2D eigenvalue weighted by Crippen LogP contribution is 2.18. The van der Waals surface area contributed by atoms with Gasteiger partial charge in [0.25, 0.3) is 11.4 Å². The van der Waals surface area contributed by atoms with Gasteiger partial charge in [-0.15, -0.1) is 0 Å². The van der Waals surface area contributed by atoms with Crippen molar-refractivity contribution in [1.82, 2.24) is 0 Å². The Hall–Kier alpha value is -2.80. The Kier molecular flexibility index (Phi) is 10.4. The van der Waals surface area contributed by atoms with Crippen LogP contribution in [0.5, 0.6) is 0 Å². The minimum Gasteiger partial charge on any atom is -0.388 e.